The molecule has 0 aromatic rings. The maximum absolute atomic E-state index is 12.1. The van der Waals surface area contributed by atoms with Crippen molar-refractivity contribution >= 4 is 12.0 Å². The summed E-state index contributed by atoms with van der Waals surface area (Å²) in [4.78, 5) is 25.3. The van der Waals surface area contributed by atoms with Crippen LogP contribution in [0.15, 0.2) is 0 Å². The first-order chi connectivity index (χ1) is 9.07. The molecule has 0 atom stereocenters. The molecule has 2 fully saturated rings. The zero-order valence-corrected chi connectivity index (χ0v) is 11.7. The molecule has 19 heavy (non-hydrogen) atoms. The molecule has 2 N–H and O–H groups in total. The van der Waals surface area contributed by atoms with E-state index in [-0.39, 0.29) is 12.6 Å². The third-order valence-corrected chi connectivity index (χ3v) is 4.44. The minimum absolute atomic E-state index is 0.109. The molecule has 0 spiro atoms. The van der Waals surface area contributed by atoms with Gasteiger partial charge in [-0.15, -0.1) is 0 Å². The van der Waals surface area contributed by atoms with Crippen LogP contribution in [0.4, 0.5) is 4.79 Å². The van der Waals surface area contributed by atoms with Gasteiger partial charge in [-0.05, 0) is 38.5 Å². The van der Waals surface area contributed by atoms with Gasteiger partial charge in [0.15, 0.2) is 0 Å². The average Bonchev–Trinajstić information content (AvgIpc) is 3.08. The topological polar surface area (TPSA) is 69.6 Å². The van der Waals surface area contributed by atoms with E-state index in [1.807, 2.05) is 6.92 Å². The number of hydrogen-bond acceptors (Lipinski definition) is 2. The molecule has 0 aromatic carbocycles. The van der Waals surface area contributed by atoms with Gasteiger partial charge in [-0.25, -0.2) is 4.79 Å². The van der Waals surface area contributed by atoms with Crippen molar-refractivity contribution in [3.8, 4) is 0 Å². The molecule has 2 rings (SSSR count). The van der Waals surface area contributed by atoms with Crippen molar-refractivity contribution in [1.29, 1.82) is 0 Å². The third-order valence-electron chi connectivity index (χ3n) is 4.44. The summed E-state index contributed by atoms with van der Waals surface area (Å²) in [5.74, 6) is -0.110. The Morgan fingerprint density at radius 2 is 1.95 bits per heavy atom. The fraction of sp³-hybridized carbons (Fsp3) is 0.857. The number of rotatable bonds is 6. The maximum atomic E-state index is 12.1. The van der Waals surface area contributed by atoms with Gasteiger partial charge in [-0.3, -0.25) is 4.79 Å². The van der Waals surface area contributed by atoms with E-state index in [0.717, 1.165) is 19.4 Å². The standard InChI is InChI=1S/C14H24N2O3/c1-2-16(9-11-5-6-11)13(19)15-10-14(12(17)18)7-3-4-8-14/h11H,2-10H2,1H3,(H,15,19)(H,17,18). The van der Waals surface area contributed by atoms with E-state index in [1.165, 1.54) is 12.8 Å². The summed E-state index contributed by atoms with van der Waals surface area (Å²) in [5.41, 5.74) is -0.728. The molecule has 2 saturated carbocycles. The molecule has 2 amide bonds. The smallest absolute Gasteiger partial charge is 0.317 e. The molecule has 0 saturated heterocycles. The summed E-state index contributed by atoms with van der Waals surface area (Å²) in [7, 11) is 0. The molecule has 5 nitrogen and oxygen atoms in total. The van der Waals surface area contributed by atoms with Gasteiger partial charge < -0.3 is 15.3 Å². The molecule has 5 heteroatoms. The number of aliphatic carboxylic acids is 1. The summed E-state index contributed by atoms with van der Waals surface area (Å²) >= 11 is 0. The average molecular weight is 268 g/mol. The van der Waals surface area contributed by atoms with Gasteiger partial charge in [0.2, 0.25) is 0 Å². The van der Waals surface area contributed by atoms with Gasteiger partial charge in [0.1, 0.15) is 0 Å². The molecular weight excluding hydrogens is 244 g/mol. The summed E-state index contributed by atoms with van der Waals surface area (Å²) in [6.07, 6.45) is 5.67. The molecule has 0 aliphatic heterocycles. The molecule has 0 radical (unpaired) electrons. The highest BCUT2D eigenvalue weighted by Gasteiger charge is 2.41. The Hall–Kier alpha value is -1.26. The lowest BCUT2D eigenvalue weighted by atomic mass is 9.86. The van der Waals surface area contributed by atoms with Crippen LogP contribution < -0.4 is 5.32 Å². The largest absolute Gasteiger partial charge is 0.481 e. The number of carbonyl (C=O) groups excluding carboxylic acids is 1. The lowest BCUT2D eigenvalue weighted by Crippen LogP contribution is -2.47. The SMILES string of the molecule is CCN(CC1CC1)C(=O)NCC1(C(=O)O)CCCC1. The number of nitrogens with zero attached hydrogens (tertiary/aromatic N) is 1. The summed E-state index contributed by atoms with van der Waals surface area (Å²) in [6, 6.07) is -0.109. The lowest BCUT2D eigenvalue weighted by molar-refractivity contribution is -0.148. The minimum Gasteiger partial charge on any atom is -0.481 e. The van der Waals surface area contributed by atoms with E-state index < -0.39 is 11.4 Å². The molecular formula is C14H24N2O3. The molecule has 2 aliphatic carbocycles. The van der Waals surface area contributed by atoms with Gasteiger partial charge in [-0.2, -0.15) is 0 Å². The molecule has 0 bridgehead atoms. The molecule has 0 aromatic heterocycles. The monoisotopic (exact) mass is 268 g/mol. The van der Waals surface area contributed by atoms with Crippen LogP contribution in [-0.2, 0) is 4.79 Å². The number of carboxylic acids is 1. The molecule has 0 unspecified atom stereocenters. The number of urea groups is 1. The summed E-state index contributed by atoms with van der Waals surface area (Å²) in [5, 5.41) is 12.2. The van der Waals surface area contributed by atoms with E-state index in [4.69, 9.17) is 0 Å². The molecule has 2 aliphatic rings. The van der Waals surface area contributed by atoms with E-state index in [2.05, 4.69) is 5.32 Å². The van der Waals surface area contributed by atoms with Gasteiger partial charge in [0, 0.05) is 19.6 Å². The molecule has 108 valence electrons. The number of carboxylic acid groups (broad SMARTS) is 1. The van der Waals surface area contributed by atoms with Crippen LogP contribution in [0.2, 0.25) is 0 Å². The van der Waals surface area contributed by atoms with Crippen molar-refractivity contribution in [3.05, 3.63) is 0 Å². The third kappa shape index (κ3) is 3.39. The van der Waals surface area contributed by atoms with Gasteiger partial charge >= 0.3 is 12.0 Å². The predicted molar refractivity (Wildman–Crippen MR) is 71.9 cm³/mol. The number of hydrogen-bond donors (Lipinski definition) is 2. The van der Waals surface area contributed by atoms with Crippen LogP contribution in [-0.4, -0.2) is 41.6 Å². The second-order valence-electron chi connectivity index (χ2n) is 5.93. The molecule has 0 heterocycles. The lowest BCUT2D eigenvalue weighted by Gasteiger charge is -2.27. The fourth-order valence-electron chi connectivity index (χ4n) is 2.84. The van der Waals surface area contributed by atoms with Crippen LogP contribution in [0.5, 0.6) is 0 Å². The number of carbonyl (C=O) groups is 2. The Morgan fingerprint density at radius 3 is 2.42 bits per heavy atom. The fourth-order valence-corrected chi connectivity index (χ4v) is 2.84. The van der Waals surface area contributed by atoms with Crippen LogP contribution in [0.3, 0.4) is 0 Å². The first-order valence-corrected chi connectivity index (χ1v) is 7.33. The van der Waals surface area contributed by atoms with Crippen LogP contribution in [0.25, 0.3) is 0 Å². The highest BCUT2D eigenvalue weighted by molar-refractivity contribution is 5.78. The normalized spacial score (nSPS) is 21.1. The zero-order chi connectivity index (χ0) is 13.9. The second kappa shape index (κ2) is 5.80. The first kappa shape index (κ1) is 14.2. The first-order valence-electron chi connectivity index (χ1n) is 7.33. The second-order valence-corrected chi connectivity index (χ2v) is 5.93. The highest BCUT2D eigenvalue weighted by Crippen LogP contribution is 2.37. The van der Waals surface area contributed by atoms with E-state index in [1.54, 1.807) is 4.90 Å². The Morgan fingerprint density at radius 1 is 1.32 bits per heavy atom. The Labute approximate surface area is 114 Å². The van der Waals surface area contributed by atoms with Crippen molar-refractivity contribution in [2.45, 2.75) is 45.4 Å². The van der Waals surface area contributed by atoms with Crippen molar-refractivity contribution in [1.82, 2.24) is 10.2 Å². The highest BCUT2D eigenvalue weighted by atomic mass is 16.4. The van der Waals surface area contributed by atoms with Crippen molar-refractivity contribution in [2.75, 3.05) is 19.6 Å². The van der Waals surface area contributed by atoms with Crippen molar-refractivity contribution in [3.63, 3.8) is 0 Å². The van der Waals surface area contributed by atoms with Gasteiger partial charge in [0.05, 0.1) is 5.41 Å². The Bertz CT molecular complexity index is 347. The minimum atomic E-state index is -0.768. The van der Waals surface area contributed by atoms with Crippen LogP contribution >= 0.6 is 0 Å². The van der Waals surface area contributed by atoms with Crippen molar-refractivity contribution in [2.24, 2.45) is 11.3 Å². The summed E-state index contributed by atoms with van der Waals surface area (Å²) < 4.78 is 0. The van der Waals surface area contributed by atoms with E-state index >= 15 is 0 Å². The zero-order valence-electron chi connectivity index (χ0n) is 11.7. The van der Waals surface area contributed by atoms with E-state index in [0.29, 0.717) is 25.3 Å². The number of amides is 2. The predicted octanol–water partition coefficient (Wildman–Crippen LogP) is 2.07. The Balaban J connectivity index is 1.85. The van der Waals surface area contributed by atoms with Crippen LogP contribution in [0, 0.1) is 11.3 Å². The number of nitrogens with one attached hydrogen (secondary N) is 1. The maximum Gasteiger partial charge on any atom is 0.317 e. The van der Waals surface area contributed by atoms with Gasteiger partial charge in [0.25, 0.3) is 0 Å². The van der Waals surface area contributed by atoms with E-state index in [9.17, 15) is 14.7 Å². The summed E-state index contributed by atoms with van der Waals surface area (Å²) in [6.45, 7) is 3.72. The van der Waals surface area contributed by atoms with Gasteiger partial charge in [-0.1, -0.05) is 12.8 Å². The van der Waals surface area contributed by atoms with Crippen LogP contribution in [0.1, 0.15) is 45.4 Å². The quantitative estimate of drug-likeness (QED) is 0.774. The van der Waals surface area contributed by atoms with Crippen molar-refractivity contribution < 1.29 is 14.7 Å². The Kier molecular flexibility index (Phi) is 4.32.